The number of hydrogen-bond donors (Lipinski definition) is 0. The van der Waals surface area contributed by atoms with Crippen molar-refractivity contribution in [1.29, 1.82) is 0 Å². The van der Waals surface area contributed by atoms with Crippen molar-refractivity contribution in [2.45, 2.75) is 32.1 Å². The summed E-state index contributed by atoms with van der Waals surface area (Å²) < 4.78 is 0. The van der Waals surface area contributed by atoms with Crippen molar-refractivity contribution < 1.29 is 4.79 Å². The fourth-order valence-electron chi connectivity index (χ4n) is 2.22. The summed E-state index contributed by atoms with van der Waals surface area (Å²) in [5.41, 5.74) is 0. The first-order valence-electron chi connectivity index (χ1n) is 3.89. The van der Waals surface area contributed by atoms with Gasteiger partial charge >= 0.3 is 0 Å². The van der Waals surface area contributed by atoms with Crippen LogP contribution in [0.25, 0.3) is 0 Å². The zero-order valence-corrected chi connectivity index (χ0v) is 5.60. The minimum absolute atomic E-state index is 0.490. The van der Waals surface area contributed by atoms with Crippen molar-refractivity contribution >= 4 is 5.78 Å². The van der Waals surface area contributed by atoms with Crippen molar-refractivity contribution in [2.24, 2.45) is 11.8 Å². The number of carbonyl (C=O) groups is 1. The molecular weight excluding hydrogens is 112 g/mol. The SMILES string of the molecule is O=C1CC2CCCC1C2. The molecule has 0 aliphatic heterocycles. The third kappa shape index (κ3) is 0.790. The molecule has 0 aromatic heterocycles. The molecule has 1 nitrogen and oxygen atoms in total. The highest BCUT2D eigenvalue weighted by Crippen LogP contribution is 2.39. The van der Waals surface area contributed by atoms with E-state index in [4.69, 9.17) is 0 Å². The molecule has 0 amide bonds. The van der Waals surface area contributed by atoms with E-state index in [0.717, 1.165) is 12.3 Å². The van der Waals surface area contributed by atoms with Crippen LogP contribution in [0.4, 0.5) is 0 Å². The first-order chi connectivity index (χ1) is 4.36. The normalized spacial score (nSPS) is 41.6. The van der Waals surface area contributed by atoms with Gasteiger partial charge in [-0.25, -0.2) is 0 Å². The van der Waals surface area contributed by atoms with E-state index in [1.165, 1.54) is 25.7 Å². The minimum Gasteiger partial charge on any atom is -0.299 e. The number of ketones is 1. The van der Waals surface area contributed by atoms with Gasteiger partial charge in [0.05, 0.1) is 0 Å². The van der Waals surface area contributed by atoms with Crippen molar-refractivity contribution in [2.75, 3.05) is 0 Å². The molecular formula is C8H12O. The van der Waals surface area contributed by atoms with E-state index in [-0.39, 0.29) is 0 Å². The summed E-state index contributed by atoms with van der Waals surface area (Å²) >= 11 is 0. The molecule has 0 aromatic rings. The zero-order chi connectivity index (χ0) is 6.27. The largest absolute Gasteiger partial charge is 0.299 e. The van der Waals surface area contributed by atoms with Gasteiger partial charge < -0.3 is 0 Å². The fraction of sp³-hybridized carbons (Fsp3) is 0.875. The molecule has 0 aromatic carbocycles. The molecule has 0 radical (unpaired) electrons. The summed E-state index contributed by atoms with van der Waals surface area (Å²) in [5.74, 6) is 1.83. The van der Waals surface area contributed by atoms with Crippen LogP contribution in [-0.4, -0.2) is 5.78 Å². The highest BCUT2D eigenvalue weighted by molar-refractivity contribution is 5.83. The Morgan fingerprint density at radius 3 is 2.89 bits per heavy atom. The van der Waals surface area contributed by atoms with E-state index >= 15 is 0 Å². The van der Waals surface area contributed by atoms with E-state index in [0.29, 0.717) is 11.7 Å². The molecule has 1 heteroatoms. The topological polar surface area (TPSA) is 17.1 Å². The average Bonchev–Trinajstić information content (AvgIpc) is 2.09. The molecule has 2 unspecified atom stereocenters. The standard InChI is InChI=1S/C8H12O/c9-8-5-6-2-1-3-7(8)4-6/h6-7H,1-5H2. The highest BCUT2D eigenvalue weighted by atomic mass is 16.1. The van der Waals surface area contributed by atoms with Gasteiger partial charge in [0.15, 0.2) is 0 Å². The number of fused-ring (bicyclic) bond motifs is 2. The van der Waals surface area contributed by atoms with Gasteiger partial charge in [-0.05, 0) is 25.2 Å². The van der Waals surface area contributed by atoms with Gasteiger partial charge in [-0.1, -0.05) is 6.42 Å². The molecule has 9 heavy (non-hydrogen) atoms. The number of rotatable bonds is 0. The van der Waals surface area contributed by atoms with E-state index in [9.17, 15) is 4.79 Å². The number of carbonyl (C=O) groups excluding carboxylic acids is 1. The van der Waals surface area contributed by atoms with Crippen LogP contribution in [-0.2, 0) is 4.79 Å². The second kappa shape index (κ2) is 1.83. The second-order valence-corrected chi connectivity index (χ2v) is 3.40. The van der Waals surface area contributed by atoms with Crippen LogP contribution < -0.4 is 0 Å². The lowest BCUT2D eigenvalue weighted by Gasteiger charge is -2.15. The lowest BCUT2D eigenvalue weighted by molar-refractivity contribution is -0.120. The Bertz CT molecular complexity index is 140. The van der Waals surface area contributed by atoms with Crippen LogP contribution in [0.15, 0.2) is 0 Å². The summed E-state index contributed by atoms with van der Waals surface area (Å²) in [5, 5.41) is 0. The zero-order valence-electron chi connectivity index (χ0n) is 5.60. The summed E-state index contributed by atoms with van der Waals surface area (Å²) in [7, 11) is 0. The predicted molar refractivity (Wildman–Crippen MR) is 35.1 cm³/mol. The molecule has 2 bridgehead atoms. The van der Waals surface area contributed by atoms with Gasteiger partial charge in [-0.3, -0.25) is 4.79 Å². The molecule has 2 atom stereocenters. The van der Waals surface area contributed by atoms with Crippen LogP contribution in [0.1, 0.15) is 32.1 Å². The summed E-state index contributed by atoms with van der Waals surface area (Å²) in [6, 6.07) is 0. The monoisotopic (exact) mass is 124 g/mol. The minimum atomic E-state index is 0.490. The van der Waals surface area contributed by atoms with E-state index in [2.05, 4.69) is 0 Å². The van der Waals surface area contributed by atoms with E-state index in [1.807, 2.05) is 0 Å². The number of hydrogen-bond acceptors (Lipinski definition) is 1. The maximum Gasteiger partial charge on any atom is 0.136 e. The van der Waals surface area contributed by atoms with Gasteiger partial charge in [-0.2, -0.15) is 0 Å². The Morgan fingerprint density at radius 1 is 1.33 bits per heavy atom. The molecule has 2 rings (SSSR count). The van der Waals surface area contributed by atoms with Crippen molar-refractivity contribution in [3.63, 3.8) is 0 Å². The second-order valence-electron chi connectivity index (χ2n) is 3.40. The van der Waals surface area contributed by atoms with E-state index in [1.54, 1.807) is 0 Å². The molecule has 50 valence electrons. The fourth-order valence-corrected chi connectivity index (χ4v) is 2.22. The van der Waals surface area contributed by atoms with Crippen LogP contribution >= 0.6 is 0 Å². The third-order valence-corrected chi connectivity index (χ3v) is 2.73. The maximum atomic E-state index is 11.1. The Morgan fingerprint density at radius 2 is 2.22 bits per heavy atom. The summed E-state index contributed by atoms with van der Waals surface area (Å²) in [6.45, 7) is 0. The van der Waals surface area contributed by atoms with E-state index < -0.39 is 0 Å². The Balaban J connectivity index is 2.15. The smallest absolute Gasteiger partial charge is 0.136 e. The van der Waals surface area contributed by atoms with Crippen molar-refractivity contribution in [3.8, 4) is 0 Å². The molecule has 2 saturated carbocycles. The summed E-state index contributed by atoms with van der Waals surface area (Å²) in [4.78, 5) is 11.1. The van der Waals surface area contributed by atoms with Gasteiger partial charge in [-0.15, -0.1) is 0 Å². The van der Waals surface area contributed by atoms with Crippen molar-refractivity contribution in [1.82, 2.24) is 0 Å². The number of Topliss-reactive ketones (excluding diaryl/α,β-unsaturated/α-hetero) is 1. The third-order valence-electron chi connectivity index (χ3n) is 2.73. The van der Waals surface area contributed by atoms with Gasteiger partial charge in [0.25, 0.3) is 0 Å². The Labute approximate surface area is 55.4 Å². The Hall–Kier alpha value is -0.330. The maximum absolute atomic E-state index is 11.1. The lowest BCUT2D eigenvalue weighted by Crippen LogP contribution is -2.07. The first-order valence-corrected chi connectivity index (χ1v) is 3.89. The quantitative estimate of drug-likeness (QED) is 0.481. The molecule has 0 spiro atoms. The van der Waals surface area contributed by atoms with Crippen LogP contribution in [0.3, 0.4) is 0 Å². The van der Waals surface area contributed by atoms with Crippen LogP contribution in [0, 0.1) is 11.8 Å². The molecule has 0 N–H and O–H groups in total. The molecule has 0 heterocycles. The lowest BCUT2D eigenvalue weighted by atomic mass is 9.89. The van der Waals surface area contributed by atoms with Crippen LogP contribution in [0.2, 0.25) is 0 Å². The van der Waals surface area contributed by atoms with Crippen molar-refractivity contribution in [3.05, 3.63) is 0 Å². The van der Waals surface area contributed by atoms with Crippen LogP contribution in [0.5, 0.6) is 0 Å². The van der Waals surface area contributed by atoms with Gasteiger partial charge in [0.2, 0.25) is 0 Å². The first kappa shape index (κ1) is 5.45. The average molecular weight is 124 g/mol. The molecule has 0 saturated heterocycles. The molecule has 2 fully saturated rings. The summed E-state index contributed by atoms with van der Waals surface area (Å²) in [6.07, 6.45) is 5.95. The molecule has 2 aliphatic rings. The predicted octanol–water partition coefficient (Wildman–Crippen LogP) is 1.77. The Kier molecular flexibility index (Phi) is 1.11. The van der Waals surface area contributed by atoms with Gasteiger partial charge in [0, 0.05) is 12.3 Å². The highest BCUT2D eigenvalue weighted by Gasteiger charge is 2.34. The molecule has 2 aliphatic carbocycles. The van der Waals surface area contributed by atoms with Gasteiger partial charge in [0.1, 0.15) is 5.78 Å².